The molecule has 0 saturated heterocycles. The van der Waals surface area contributed by atoms with Crippen molar-refractivity contribution in [2.45, 2.75) is 31.8 Å². The number of nitrogens with one attached hydrogen (secondary N) is 3. The second-order valence-corrected chi connectivity index (χ2v) is 9.24. The van der Waals surface area contributed by atoms with Gasteiger partial charge in [0.05, 0.1) is 17.2 Å². The van der Waals surface area contributed by atoms with Gasteiger partial charge in [0.2, 0.25) is 0 Å². The van der Waals surface area contributed by atoms with Crippen molar-refractivity contribution in [2.24, 2.45) is 0 Å². The number of carbonyl (C=O) groups excluding carboxylic acids is 2. The van der Waals surface area contributed by atoms with Crippen LogP contribution in [-0.4, -0.2) is 32.9 Å². The molecule has 0 aliphatic rings. The minimum atomic E-state index is -3.83. The SMILES string of the molecule is CCOc1ccc(OC(C)C(=O)NNC(=O)c2ccc(S(=O)(=O)Nc3ccccc3C)cc2)cc1. The lowest BCUT2D eigenvalue weighted by Crippen LogP contribution is -2.47. The highest BCUT2D eigenvalue weighted by atomic mass is 32.2. The Bertz CT molecular complexity index is 1280. The lowest BCUT2D eigenvalue weighted by molar-refractivity contribution is -0.128. The summed E-state index contributed by atoms with van der Waals surface area (Å²) in [5, 5.41) is 0. The fourth-order valence-electron chi connectivity index (χ4n) is 3.01. The highest BCUT2D eigenvalue weighted by molar-refractivity contribution is 7.92. The second-order valence-electron chi connectivity index (χ2n) is 7.55. The smallest absolute Gasteiger partial charge is 0.279 e. The number of carbonyl (C=O) groups is 2. The molecule has 1 unspecified atom stereocenters. The molecule has 10 heteroatoms. The number of rotatable bonds is 9. The van der Waals surface area contributed by atoms with Crippen LogP contribution in [0.5, 0.6) is 11.5 Å². The maximum Gasteiger partial charge on any atom is 0.279 e. The van der Waals surface area contributed by atoms with E-state index in [4.69, 9.17) is 9.47 Å². The monoisotopic (exact) mass is 497 g/mol. The third kappa shape index (κ3) is 6.97. The van der Waals surface area contributed by atoms with Gasteiger partial charge >= 0.3 is 0 Å². The summed E-state index contributed by atoms with van der Waals surface area (Å²) in [6, 6.07) is 19.2. The average Bonchev–Trinajstić information content (AvgIpc) is 2.85. The minimum absolute atomic E-state index is 0.00119. The summed E-state index contributed by atoms with van der Waals surface area (Å²) in [7, 11) is -3.83. The largest absolute Gasteiger partial charge is 0.494 e. The van der Waals surface area contributed by atoms with Gasteiger partial charge in [0.15, 0.2) is 6.10 Å². The number of hydrogen-bond donors (Lipinski definition) is 3. The normalized spacial score (nSPS) is 11.7. The van der Waals surface area contributed by atoms with Crippen molar-refractivity contribution in [1.82, 2.24) is 10.9 Å². The Morgan fingerprint density at radius 1 is 0.886 bits per heavy atom. The summed E-state index contributed by atoms with van der Waals surface area (Å²) < 4.78 is 38.7. The molecule has 1 atom stereocenters. The highest BCUT2D eigenvalue weighted by Gasteiger charge is 2.18. The van der Waals surface area contributed by atoms with E-state index in [1.54, 1.807) is 56.3 Å². The van der Waals surface area contributed by atoms with E-state index < -0.39 is 27.9 Å². The van der Waals surface area contributed by atoms with Crippen LogP contribution in [0.25, 0.3) is 0 Å². The second kappa shape index (κ2) is 11.4. The van der Waals surface area contributed by atoms with E-state index in [0.29, 0.717) is 23.8 Å². The van der Waals surface area contributed by atoms with Gasteiger partial charge in [0.1, 0.15) is 11.5 Å². The third-order valence-electron chi connectivity index (χ3n) is 4.93. The van der Waals surface area contributed by atoms with E-state index >= 15 is 0 Å². The number of sulfonamides is 1. The number of para-hydroxylation sites is 1. The molecule has 0 bridgehead atoms. The molecule has 3 rings (SSSR count). The number of hydrogen-bond acceptors (Lipinski definition) is 6. The number of ether oxygens (including phenoxy) is 2. The molecule has 0 saturated carbocycles. The van der Waals surface area contributed by atoms with Crippen molar-refractivity contribution < 1.29 is 27.5 Å². The Hall–Kier alpha value is -4.05. The lowest BCUT2D eigenvalue weighted by atomic mass is 10.2. The molecule has 3 aromatic carbocycles. The Balaban J connectivity index is 1.54. The van der Waals surface area contributed by atoms with Gasteiger partial charge in [-0.3, -0.25) is 25.2 Å². The van der Waals surface area contributed by atoms with Gasteiger partial charge in [-0.05, 0) is 80.9 Å². The van der Waals surface area contributed by atoms with Gasteiger partial charge in [-0.2, -0.15) is 0 Å². The van der Waals surface area contributed by atoms with Crippen molar-refractivity contribution in [1.29, 1.82) is 0 Å². The molecule has 0 spiro atoms. The summed E-state index contributed by atoms with van der Waals surface area (Å²) in [5.41, 5.74) is 6.01. The Morgan fingerprint density at radius 2 is 1.51 bits per heavy atom. The predicted molar refractivity (Wildman–Crippen MR) is 132 cm³/mol. The van der Waals surface area contributed by atoms with Crippen LogP contribution >= 0.6 is 0 Å². The van der Waals surface area contributed by atoms with E-state index in [0.717, 1.165) is 5.56 Å². The molecule has 0 radical (unpaired) electrons. The molecular formula is C25H27N3O6S. The molecule has 2 amide bonds. The quantitative estimate of drug-likeness (QED) is 0.389. The summed E-state index contributed by atoms with van der Waals surface area (Å²) >= 11 is 0. The predicted octanol–water partition coefficient (Wildman–Crippen LogP) is 3.42. The minimum Gasteiger partial charge on any atom is -0.494 e. The lowest BCUT2D eigenvalue weighted by Gasteiger charge is -2.15. The zero-order chi connectivity index (χ0) is 25.4. The van der Waals surface area contributed by atoms with Gasteiger partial charge in [0, 0.05) is 5.56 Å². The third-order valence-corrected chi connectivity index (χ3v) is 6.31. The maximum absolute atomic E-state index is 12.6. The topological polar surface area (TPSA) is 123 Å². The Labute approximate surface area is 204 Å². The fourth-order valence-corrected chi connectivity index (χ4v) is 4.14. The van der Waals surface area contributed by atoms with Crippen molar-refractivity contribution in [2.75, 3.05) is 11.3 Å². The number of benzene rings is 3. The summed E-state index contributed by atoms with van der Waals surface area (Å²) in [6.45, 7) is 5.76. The first-order valence-corrected chi connectivity index (χ1v) is 12.4. The first-order valence-electron chi connectivity index (χ1n) is 10.9. The van der Waals surface area contributed by atoms with E-state index in [1.165, 1.54) is 24.3 Å². The van der Waals surface area contributed by atoms with Crippen LogP contribution < -0.4 is 25.0 Å². The number of anilines is 1. The fraction of sp³-hybridized carbons (Fsp3) is 0.200. The molecule has 9 nitrogen and oxygen atoms in total. The van der Waals surface area contributed by atoms with Crippen molar-refractivity contribution in [3.05, 3.63) is 83.9 Å². The average molecular weight is 498 g/mol. The highest BCUT2D eigenvalue weighted by Crippen LogP contribution is 2.20. The molecule has 0 heterocycles. The number of aryl methyl sites for hydroxylation is 1. The maximum atomic E-state index is 12.6. The van der Waals surface area contributed by atoms with Gasteiger partial charge in [-0.25, -0.2) is 8.42 Å². The molecule has 3 N–H and O–H groups in total. The Morgan fingerprint density at radius 3 is 2.14 bits per heavy atom. The summed E-state index contributed by atoms with van der Waals surface area (Å²) in [4.78, 5) is 24.7. The van der Waals surface area contributed by atoms with E-state index in [9.17, 15) is 18.0 Å². The first kappa shape index (κ1) is 25.6. The molecule has 0 fully saturated rings. The van der Waals surface area contributed by atoms with Crippen LogP contribution in [0.2, 0.25) is 0 Å². The molecule has 0 aromatic heterocycles. The molecule has 0 aliphatic heterocycles. The van der Waals surface area contributed by atoms with E-state index in [-0.39, 0.29) is 10.5 Å². The van der Waals surface area contributed by atoms with Crippen LogP contribution in [0.3, 0.4) is 0 Å². The van der Waals surface area contributed by atoms with Crippen molar-refractivity contribution >= 4 is 27.5 Å². The van der Waals surface area contributed by atoms with Crippen LogP contribution in [-0.2, 0) is 14.8 Å². The molecule has 0 aliphatic carbocycles. The molecule has 184 valence electrons. The van der Waals surface area contributed by atoms with Gasteiger partial charge in [-0.1, -0.05) is 18.2 Å². The summed E-state index contributed by atoms with van der Waals surface area (Å²) in [5.74, 6) is -0.0103. The van der Waals surface area contributed by atoms with Crippen LogP contribution in [0, 0.1) is 6.92 Å². The van der Waals surface area contributed by atoms with Gasteiger partial charge in [0.25, 0.3) is 21.8 Å². The van der Waals surface area contributed by atoms with Gasteiger partial charge in [-0.15, -0.1) is 0 Å². The molecule has 35 heavy (non-hydrogen) atoms. The zero-order valence-electron chi connectivity index (χ0n) is 19.6. The van der Waals surface area contributed by atoms with Crippen molar-refractivity contribution in [3.8, 4) is 11.5 Å². The molecular weight excluding hydrogens is 470 g/mol. The summed E-state index contributed by atoms with van der Waals surface area (Å²) in [6.07, 6.45) is -0.881. The number of amides is 2. The van der Waals surface area contributed by atoms with Crippen LogP contribution in [0.1, 0.15) is 29.8 Å². The van der Waals surface area contributed by atoms with Crippen molar-refractivity contribution in [3.63, 3.8) is 0 Å². The van der Waals surface area contributed by atoms with Crippen LogP contribution in [0.4, 0.5) is 5.69 Å². The van der Waals surface area contributed by atoms with Gasteiger partial charge < -0.3 is 9.47 Å². The standard InChI is InChI=1S/C25H27N3O6S/c1-4-33-20-11-13-21(14-12-20)34-18(3)24(29)26-27-25(30)19-9-15-22(16-10-19)35(31,32)28-23-8-6-5-7-17(23)2/h5-16,18,28H,4H2,1-3H3,(H,26,29)(H,27,30). The van der Waals surface area contributed by atoms with Crippen LogP contribution in [0.15, 0.2) is 77.7 Å². The first-order chi connectivity index (χ1) is 16.7. The van der Waals surface area contributed by atoms with E-state index in [1.807, 2.05) is 13.0 Å². The Kier molecular flexibility index (Phi) is 8.32. The zero-order valence-corrected chi connectivity index (χ0v) is 20.4. The number of hydrazine groups is 1. The van der Waals surface area contributed by atoms with E-state index in [2.05, 4.69) is 15.6 Å². The molecule has 3 aromatic rings.